The Morgan fingerprint density at radius 1 is 1.09 bits per heavy atom. The van der Waals surface area contributed by atoms with Crippen molar-refractivity contribution >= 4 is 15.9 Å². The van der Waals surface area contributed by atoms with E-state index in [2.05, 4.69) is 21.2 Å². The predicted octanol–water partition coefficient (Wildman–Crippen LogP) is 3.68. The second-order valence-electron chi connectivity index (χ2n) is 5.12. The molecule has 0 aliphatic carbocycles. The van der Waals surface area contributed by atoms with Crippen LogP contribution in [-0.2, 0) is 6.18 Å². The quantitative estimate of drug-likeness (QED) is 0.735. The van der Waals surface area contributed by atoms with Gasteiger partial charge in [-0.15, -0.1) is 0 Å². The molecule has 1 aliphatic heterocycles. The Kier molecular flexibility index (Phi) is 5.17. The zero-order valence-corrected chi connectivity index (χ0v) is 13.2. The molecule has 0 spiro atoms. The molecule has 1 aromatic rings. The van der Waals surface area contributed by atoms with Gasteiger partial charge in [0.25, 0.3) is 0 Å². The summed E-state index contributed by atoms with van der Waals surface area (Å²) in [5.41, 5.74) is -2.30. The number of piperazine rings is 1. The summed E-state index contributed by atoms with van der Waals surface area (Å²) in [5, 5.41) is 12.7. The molecule has 1 fully saturated rings. The highest BCUT2D eigenvalue weighted by Gasteiger charge is 2.48. The van der Waals surface area contributed by atoms with Gasteiger partial charge in [0.1, 0.15) is 11.8 Å². The number of aromatic hydroxyl groups is 1. The van der Waals surface area contributed by atoms with Crippen molar-refractivity contribution in [1.29, 1.82) is 0 Å². The van der Waals surface area contributed by atoms with Crippen LogP contribution in [-0.4, -0.2) is 42.4 Å². The highest BCUT2D eigenvalue weighted by Crippen LogP contribution is 2.47. The van der Waals surface area contributed by atoms with Crippen LogP contribution in [0.25, 0.3) is 0 Å². The van der Waals surface area contributed by atoms with E-state index in [0.29, 0.717) is 6.07 Å². The van der Waals surface area contributed by atoms with Crippen LogP contribution in [0.1, 0.15) is 17.2 Å². The molecule has 2 rings (SSSR count). The summed E-state index contributed by atoms with van der Waals surface area (Å²) in [6, 6.07) is -0.863. The molecule has 2 N–H and O–H groups in total. The molecule has 1 heterocycles. The first-order valence-corrected chi connectivity index (χ1v) is 7.42. The standard InChI is InChI=1S/C13H13BrF6N2O/c14-7-5-8(10(23)9(6-7)12(15,16)17)11(13(18,19)20)22-3-1-21-2-4-22/h5-6,11,21,23H,1-4H2/t11-/m1/s1. The Morgan fingerprint density at radius 3 is 2.13 bits per heavy atom. The maximum atomic E-state index is 13.5. The van der Waals surface area contributed by atoms with Gasteiger partial charge in [0, 0.05) is 36.2 Å². The first-order chi connectivity index (χ1) is 10.5. The number of nitrogens with zero attached hydrogens (tertiary/aromatic N) is 1. The minimum Gasteiger partial charge on any atom is -0.507 e. The van der Waals surface area contributed by atoms with Gasteiger partial charge in [0.15, 0.2) is 0 Å². The van der Waals surface area contributed by atoms with Crippen LogP contribution in [0.3, 0.4) is 0 Å². The fraction of sp³-hybridized carbons (Fsp3) is 0.538. The fourth-order valence-electron chi connectivity index (χ4n) is 2.57. The van der Waals surface area contributed by atoms with Crippen molar-refractivity contribution in [3.8, 4) is 5.75 Å². The molecular formula is C13H13BrF6N2O. The van der Waals surface area contributed by atoms with Crippen LogP contribution in [0.15, 0.2) is 16.6 Å². The molecule has 0 amide bonds. The zero-order valence-electron chi connectivity index (χ0n) is 11.6. The minimum atomic E-state index is -4.96. The van der Waals surface area contributed by atoms with Crippen molar-refractivity contribution in [3.63, 3.8) is 0 Å². The normalized spacial score (nSPS) is 18.9. The van der Waals surface area contributed by atoms with E-state index in [0.717, 1.165) is 11.0 Å². The first-order valence-electron chi connectivity index (χ1n) is 6.63. The highest BCUT2D eigenvalue weighted by atomic mass is 79.9. The minimum absolute atomic E-state index is 0.0114. The van der Waals surface area contributed by atoms with Gasteiger partial charge in [-0.05, 0) is 12.1 Å². The van der Waals surface area contributed by atoms with Gasteiger partial charge in [-0.25, -0.2) is 0 Å². The molecule has 1 saturated heterocycles. The van der Waals surface area contributed by atoms with Gasteiger partial charge in [0.05, 0.1) is 5.56 Å². The number of rotatable bonds is 2. The summed E-state index contributed by atoms with van der Waals surface area (Å²) in [6.45, 7) is 0.593. The van der Waals surface area contributed by atoms with Crippen LogP contribution >= 0.6 is 15.9 Å². The van der Waals surface area contributed by atoms with E-state index in [-0.39, 0.29) is 30.7 Å². The van der Waals surface area contributed by atoms with Gasteiger partial charge in [-0.3, -0.25) is 4.90 Å². The van der Waals surface area contributed by atoms with Gasteiger partial charge < -0.3 is 10.4 Å². The molecule has 23 heavy (non-hydrogen) atoms. The molecular weight excluding hydrogens is 394 g/mol. The molecule has 3 nitrogen and oxygen atoms in total. The Balaban J connectivity index is 2.57. The average Bonchev–Trinajstić information content (AvgIpc) is 2.41. The number of phenols is 1. The van der Waals surface area contributed by atoms with E-state index < -0.39 is 35.3 Å². The van der Waals surface area contributed by atoms with E-state index in [9.17, 15) is 31.4 Å². The Labute approximate surface area is 136 Å². The molecule has 10 heteroatoms. The number of halogens is 7. The van der Waals surface area contributed by atoms with Crippen LogP contribution in [0, 0.1) is 0 Å². The summed E-state index contributed by atoms with van der Waals surface area (Å²) in [6.07, 6.45) is -9.78. The predicted molar refractivity (Wildman–Crippen MR) is 74.0 cm³/mol. The Bertz CT molecular complexity index is 569. The molecule has 0 radical (unpaired) electrons. The third-order valence-corrected chi connectivity index (χ3v) is 3.99. The van der Waals surface area contributed by atoms with Crippen molar-refractivity contribution in [2.24, 2.45) is 0 Å². The third kappa shape index (κ3) is 4.10. The first kappa shape index (κ1) is 18.3. The molecule has 130 valence electrons. The summed E-state index contributed by atoms with van der Waals surface area (Å²) < 4.78 is 79.0. The molecule has 1 atom stereocenters. The lowest BCUT2D eigenvalue weighted by atomic mass is 9.99. The van der Waals surface area contributed by atoms with Crippen molar-refractivity contribution in [2.45, 2.75) is 18.4 Å². The number of nitrogens with one attached hydrogen (secondary N) is 1. The lowest BCUT2D eigenvalue weighted by molar-refractivity contribution is -0.188. The van der Waals surface area contributed by atoms with E-state index in [4.69, 9.17) is 0 Å². The Hall–Kier alpha value is -1.00. The second kappa shape index (κ2) is 6.48. The maximum absolute atomic E-state index is 13.5. The largest absolute Gasteiger partial charge is 0.507 e. The fourth-order valence-corrected chi connectivity index (χ4v) is 3.04. The number of benzene rings is 1. The number of alkyl halides is 6. The van der Waals surface area contributed by atoms with Crippen LogP contribution in [0.5, 0.6) is 5.75 Å². The van der Waals surface area contributed by atoms with Crippen molar-refractivity contribution in [2.75, 3.05) is 26.2 Å². The van der Waals surface area contributed by atoms with E-state index >= 15 is 0 Å². The topological polar surface area (TPSA) is 35.5 Å². The SMILES string of the molecule is Oc1c([C@@H](N2CCNCC2)C(F)(F)F)cc(Br)cc1C(F)(F)F. The average molecular weight is 407 g/mol. The number of hydrogen-bond donors (Lipinski definition) is 2. The summed E-state index contributed by atoms with van der Waals surface area (Å²) in [4.78, 5) is 1.01. The molecule has 0 bridgehead atoms. The zero-order chi connectivity index (χ0) is 17.4. The van der Waals surface area contributed by atoms with Gasteiger partial charge in [-0.1, -0.05) is 15.9 Å². The van der Waals surface area contributed by atoms with E-state index in [1.807, 2.05) is 0 Å². The summed E-state index contributed by atoms with van der Waals surface area (Å²) >= 11 is 2.79. The molecule has 0 saturated carbocycles. The third-order valence-electron chi connectivity index (χ3n) is 3.53. The molecule has 0 aromatic heterocycles. The van der Waals surface area contributed by atoms with Crippen molar-refractivity contribution in [1.82, 2.24) is 10.2 Å². The molecule has 0 unspecified atom stereocenters. The summed E-state index contributed by atoms with van der Waals surface area (Å²) in [7, 11) is 0. The summed E-state index contributed by atoms with van der Waals surface area (Å²) in [5.74, 6) is -1.39. The molecule has 1 aromatic carbocycles. The van der Waals surface area contributed by atoms with Crippen LogP contribution in [0.4, 0.5) is 26.3 Å². The van der Waals surface area contributed by atoms with Crippen molar-refractivity contribution < 1.29 is 31.4 Å². The second-order valence-corrected chi connectivity index (χ2v) is 6.03. The van der Waals surface area contributed by atoms with Crippen LogP contribution in [0.2, 0.25) is 0 Å². The lowest BCUT2D eigenvalue weighted by Crippen LogP contribution is -2.49. The highest BCUT2D eigenvalue weighted by molar-refractivity contribution is 9.10. The maximum Gasteiger partial charge on any atom is 0.420 e. The number of phenolic OH excluding ortho intramolecular Hbond substituents is 1. The Morgan fingerprint density at radius 2 is 1.65 bits per heavy atom. The van der Waals surface area contributed by atoms with Crippen molar-refractivity contribution in [3.05, 3.63) is 27.7 Å². The van der Waals surface area contributed by atoms with Gasteiger partial charge >= 0.3 is 12.4 Å². The number of hydrogen-bond acceptors (Lipinski definition) is 3. The smallest absolute Gasteiger partial charge is 0.420 e. The van der Waals surface area contributed by atoms with Crippen LogP contribution < -0.4 is 5.32 Å². The van der Waals surface area contributed by atoms with Gasteiger partial charge in [-0.2, -0.15) is 26.3 Å². The van der Waals surface area contributed by atoms with E-state index in [1.165, 1.54) is 0 Å². The van der Waals surface area contributed by atoms with E-state index in [1.54, 1.807) is 0 Å². The molecule has 1 aliphatic rings. The lowest BCUT2D eigenvalue weighted by Gasteiger charge is -2.36. The van der Waals surface area contributed by atoms with Gasteiger partial charge in [0.2, 0.25) is 0 Å². The monoisotopic (exact) mass is 406 g/mol.